The molecule has 0 amide bonds. The van der Waals surface area contributed by atoms with Gasteiger partial charge < -0.3 is 19.7 Å². The van der Waals surface area contributed by atoms with E-state index in [0.717, 1.165) is 50.9 Å². The molecule has 44 heavy (non-hydrogen) atoms. The van der Waals surface area contributed by atoms with E-state index >= 15 is 0 Å². The van der Waals surface area contributed by atoms with E-state index < -0.39 is 12.2 Å². The van der Waals surface area contributed by atoms with Crippen molar-refractivity contribution in [3.05, 3.63) is 72.9 Å². The predicted octanol–water partition coefficient (Wildman–Crippen LogP) is 9.05. The van der Waals surface area contributed by atoms with E-state index in [1.165, 1.54) is 32.1 Å². The molecule has 0 aliphatic carbocycles. The van der Waals surface area contributed by atoms with Gasteiger partial charge in [0.25, 0.3) is 0 Å². The second-order valence-electron chi connectivity index (χ2n) is 11.5. The van der Waals surface area contributed by atoms with Crippen molar-refractivity contribution in [2.45, 2.75) is 136 Å². The van der Waals surface area contributed by atoms with Crippen LogP contribution in [0.25, 0.3) is 0 Å². The molecule has 0 aromatic carbocycles. The second kappa shape index (κ2) is 31.7. The average Bonchev–Trinajstić information content (AvgIpc) is 3.00. The highest BCUT2D eigenvalue weighted by atomic mass is 16.6. The molecule has 0 aliphatic heterocycles. The summed E-state index contributed by atoms with van der Waals surface area (Å²) in [4.78, 5) is 24.1. The van der Waals surface area contributed by atoms with Crippen LogP contribution in [0, 0.1) is 5.92 Å². The first-order chi connectivity index (χ1) is 21.4. The molecule has 0 bridgehead atoms. The minimum absolute atomic E-state index is 0.121. The van der Waals surface area contributed by atoms with Crippen molar-refractivity contribution in [2.24, 2.45) is 5.92 Å². The summed E-state index contributed by atoms with van der Waals surface area (Å²) in [6, 6.07) is 0. The Morgan fingerprint density at radius 2 is 1.32 bits per heavy atom. The summed E-state index contributed by atoms with van der Waals surface area (Å²) < 4.78 is 10.5. The smallest absolute Gasteiger partial charge is 0.306 e. The Morgan fingerprint density at radius 1 is 0.705 bits per heavy atom. The summed E-state index contributed by atoms with van der Waals surface area (Å²) in [5.41, 5.74) is 0. The number of rotatable bonds is 28. The lowest BCUT2D eigenvalue weighted by atomic mass is 10.0. The van der Waals surface area contributed by atoms with E-state index in [4.69, 9.17) is 9.47 Å². The van der Waals surface area contributed by atoms with E-state index in [-0.39, 0.29) is 31.6 Å². The molecule has 0 spiro atoms. The lowest BCUT2D eigenvalue weighted by Crippen LogP contribution is -2.28. The summed E-state index contributed by atoms with van der Waals surface area (Å²) in [7, 11) is 0. The van der Waals surface area contributed by atoms with E-state index in [1.807, 2.05) is 30.4 Å². The minimum Gasteiger partial charge on any atom is -0.462 e. The lowest BCUT2D eigenvalue weighted by molar-refractivity contribution is -0.161. The number of carbonyl (C=O) groups excluding carboxylic acids is 2. The van der Waals surface area contributed by atoms with Crippen LogP contribution in [-0.2, 0) is 19.1 Å². The monoisotopic (exact) mass is 614 g/mol. The topological polar surface area (TPSA) is 93.1 Å². The zero-order chi connectivity index (χ0) is 32.5. The maximum absolute atomic E-state index is 12.1. The number of aliphatic hydroxyl groups excluding tert-OH is 2. The molecule has 1 unspecified atom stereocenters. The third-order valence-corrected chi connectivity index (χ3v) is 6.79. The second-order valence-corrected chi connectivity index (χ2v) is 11.5. The van der Waals surface area contributed by atoms with Gasteiger partial charge >= 0.3 is 11.9 Å². The van der Waals surface area contributed by atoms with Gasteiger partial charge in [-0.3, -0.25) is 9.59 Å². The molecule has 2 atom stereocenters. The van der Waals surface area contributed by atoms with E-state index in [1.54, 1.807) is 6.08 Å². The fourth-order valence-electron chi connectivity index (χ4n) is 4.20. The first-order valence-electron chi connectivity index (χ1n) is 17.0. The van der Waals surface area contributed by atoms with Gasteiger partial charge in [0.15, 0.2) is 6.10 Å². The molecule has 0 saturated carbocycles. The van der Waals surface area contributed by atoms with Gasteiger partial charge in [0.1, 0.15) is 6.61 Å². The molecule has 2 N–H and O–H groups in total. The normalized spacial score (nSPS) is 14.0. The minimum atomic E-state index is -0.813. The van der Waals surface area contributed by atoms with Crippen LogP contribution < -0.4 is 0 Å². The predicted molar refractivity (Wildman–Crippen MR) is 183 cm³/mol. The van der Waals surface area contributed by atoms with Crippen molar-refractivity contribution in [1.29, 1.82) is 0 Å². The quantitative estimate of drug-likeness (QED) is 0.0395. The Bertz CT molecular complexity index is 865. The molecule has 250 valence electrons. The fourth-order valence-corrected chi connectivity index (χ4v) is 4.20. The maximum Gasteiger partial charge on any atom is 0.306 e. The number of esters is 2. The van der Waals surface area contributed by atoms with Crippen molar-refractivity contribution in [1.82, 2.24) is 0 Å². The molecule has 0 aromatic rings. The van der Waals surface area contributed by atoms with Crippen molar-refractivity contribution in [3.8, 4) is 0 Å². The molecule has 6 heteroatoms. The first-order valence-corrected chi connectivity index (χ1v) is 17.0. The summed E-state index contributed by atoms with van der Waals surface area (Å²) in [5, 5.41) is 19.3. The van der Waals surface area contributed by atoms with Gasteiger partial charge in [0, 0.05) is 12.8 Å². The van der Waals surface area contributed by atoms with Gasteiger partial charge in [-0.25, -0.2) is 0 Å². The number of aliphatic hydroxyl groups is 2. The van der Waals surface area contributed by atoms with Crippen molar-refractivity contribution in [3.63, 3.8) is 0 Å². The summed E-state index contributed by atoms with van der Waals surface area (Å²) in [5.74, 6) is 0.0560. The maximum atomic E-state index is 12.1. The summed E-state index contributed by atoms with van der Waals surface area (Å²) >= 11 is 0. The standard InChI is InChI=1S/C38H62O6/c1-4-5-22-28-35(40)29-24-19-15-11-9-7-6-8-10-12-16-20-25-30-37(41)43-33-36(32-39)44-38(42)31-26-21-17-13-14-18-23-27-34(2)3/h5,7-10,15-16,19-20,22,24,29,34-36,39-40H,4,6,11-14,17-18,21,23,25-28,30-33H2,1-3H3/b9-7-,10-8-,19-15+,20-16-,22-5-,29-24+/t35?,36-/m0/s1. The Labute approximate surface area is 268 Å². The van der Waals surface area contributed by atoms with Gasteiger partial charge in [0.05, 0.1) is 12.7 Å². The largest absolute Gasteiger partial charge is 0.462 e. The average molecular weight is 615 g/mol. The van der Waals surface area contributed by atoms with Gasteiger partial charge in [-0.1, -0.05) is 139 Å². The Kier molecular flexibility index (Phi) is 29.8. The molecule has 6 nitrogen and oxygen atoms in total. The zero-order valence-corrected chi connectivity index (χ0v) is 27.9. The number of hydrogen-bond acceptors (Lipinski definition) is 6. The molecule has 0 heterocycles. The summed E-state index contributed by atoms with van der Waals surface area (Å²) in [6.07, 6.45) is 37.4. The molecule has 0 rings (SSSR count). The fraction of sp³-hybridized carbons (Fsp3) is 0.632. The number of carbonyl (C=O) groups is 2. The molecular weight excluding hydrogens is 552 g/mol. The number of hydrogen-bond donors (Lipinski definition) is 2. The van der Waals surface area contributed by atoms with Crippen LogP contribution in [0.3, 0.4) is 0 Å². The van der Waals surface area contributed by atoms with Crippen molar-refractivity contribution < 1.29 is 29.3 Å². The highest BCUT2D eigenvalue weighted by Crippen LogP contribution is 2.13. The van der Waals surface area contributed by atoms with Crippen LogP contribution in [0.4, 0.5) is 0 Å². The lowest BCUT2D eigenvalue weighted by Gasteiger charge is -2.15. The molecule has 0 fully saturated rings. The van der Waals surface area contributed by atoms with E-state index in [9.17, 15) is 19.8 Å². The van der Waals surface area contributed by atoms with Gasteiger partial charge in [-0.05, 0) is 50.9 Å². The van der Waals surface area contributed by atoms with E-state index in [0.29, 0.717) is 19.3 Å². The van der Waals surface area contributed by atoms with Crippen LogP contribution in [0.5, 0.6) is 0 Å². The molecule has 0 saturated heterocycles. The van der Waals surface area contributed by atoms with Gasteiger partial charge in [-0.15, -0.1) is 0 Å². The summed E-state index contributed by atoms with van der Waals surface area (Å²) in [6.45, 7) is 6.11. The van der Waals surface area contributed by atoms with Crippen LogP contribution in [0.1, 0.15) is 124 Å². The van der Waals surface area contributed by atoms with Crippen molar-refractivity contribution >= 4 is 11.9 Å². The molecule has 0 aliphatic rings. The van der Waals surface area contributed by atoms with Gasteiger partial charge in [-0.2, -0.15) is 0 Å². The van der Waals surface area contributed by atoms with Crippen LogP contribution in [0.2, 0.25) is 0 Å². The molecule has 0 radical (unpaired) electrons. The number of unbranched alkanes of at least 4 members (excludes halogenated alkanes) is 6. The van der Waals surface area contributed by atoms with E-state index in [2.05, 4.69) is 57.2 Å². The highest BCUT2D eigenvalue weighted by Gasteiger charge is 2.15. The number of ether oxygens (including phenoxy) is 2. The SMILES string of the molecule is CC/C=C\CC(O)/C=C/C=C/C/C=C\C/C=C\C/C=C\CCC(=O)OC[C@H](CO)OC(=O)CCCCCCCCCC(C)C. The Hall–Kier alpha value is -2.70. The van der Waals surface area contributed by atoms with Crippen molar-refractivity contribution in [2.75, 3.05) is 13.2 Å². The Balaban J connectivity index is 3.83. The molecular formula is C38H62O6. The highest BCUT2D eigenvalue weighted by molar-refractivity contribution is 5.70. The number of allylic oxidation sites excluding steroid dienone is 10. The molecule has 0 aromatic heterocycles. The van der Waals surface area contributed by atoms with Crippen LogP contribution >= 0.6 is 0 Å². The van der Waals surface area contributed by atoms with Crippen LogP contribution in [0.15, 0.2) is 72.9 Å². The third-order valence-electron chi connectivity index (χ3n) is 6.79. The van der Waals surface area contributed by atoms with Crippen LogP contribution in [-0.4, -0.2) is 47.6 Å². The Morgan fingerprint density at radius 3 is 1.95 bits per heavy atom. The third kappa shape index (κ3) is 30.7. The zero-order valence-electron chi connectivity index (χ0n) is 27.9. The first kappa shape index (κ1) is 41.3. The van der Waals surface area contributed by atoms with Gasteiger partial charge in [0.2, 0.25) is 0 Å².